The lowest BCUT2D eigenvalue weighted by molar-refractivity contribution is 0.336. The Bertz CT molecular complexity index is 583. The summed E-state index contributed by atoms with van der Waals surface area (Å²) in [4.78, 5) is 0.457. The van der Waals surface area contributed by atoms with Crippen LogP contribution in [0.25, 0.3) is 0 Å². The maximum Gasteiger partial charge on any atom is 0.182 e. The van der Waals surface area contributed by atoms with Gasteiger partial charge in [-0.05, 0) is 40.4 Å². The molecule has 0 bridgehead atoms. The molecule has 0 fully saturated rings. The van der Waals surface area contributed by atoms with Gasteiger partial charge in [0.15, 0.2) is 9.84 Å². The van der Waals surface area contributed by atoms with Crippen molar-refractivity contribution in [2.24, 2.45) is 5.92 Å². The summed E-state index contributed by atoms with van der Waals surface area (Å²) < 4.78 is 25.9. The summed E-state index contributed by atoms with van der Waals surface area (Å²) in [5, 5.41) is 3.12. The minimum Gasteiger partial charge on any atom is -0.307 e. The van der Waals surface area contributed by atoms with E-state index in [2.05, 4.69) is 35.1 Å². The largest absolute Gasteiger partial charge is 0.307 e. The minimum absolute atomic E-state index is 0.0502. The normalized spacial score (nSPS) is 29.3. The molecule has 1 aliphatic heterocycles. The lowest BCUT2D eigenvalue weighted by atomic mass is 9.91. The molecule has 0 spiro atoms. The van der Waals surface area contributed by atoms with Gasteiger partial charge in [-0.3, -0.25) is 0 Å². The molecule has 1 aromatic rings. The highest BCUT2D eigenvalue weighted by Crippen LogP contribution is 2.43. The molecule has 1 aliphatic rings. The molecule has 1 heterocycles. The van der Waals surface area contributed by atoms with Crippen LogP contribution in [0.2, 0.25) is 0 Å². The molecule has 1 N–H and O–H groups in total. The molecule has 0 saturated carbocycles. The molecular weight excluding hydrogens is 326 g/mol. The van der Waals surface area contributed by atoms with Crippen molar-refractivity contribution in [2.75, 3.05) is 0 Å². The number of rotatable bonds is 2. The zero-order valence-corrected chi connectivity index (χ0v) is 14.0. The fourth-order valence-corrected chi connectivity index (χ4v) is 5.71. The highest BCUT2D eigenvalue weighted by molar-refractivity contribution is 9.10. The Morgan fingerprint density at radius 2 is 1.89 bits per heavy atom. The lowest BCUT2D eigenvalue weighted by Crippen LogP contribution is -2.43. The highest BCUT2D eigenvalue weighted by Gasteiger charge is 2.42. The smallest absolute Gasteiger partial charge is 0.182 e. The number of sulfone groups is 1. The topological polar surface area (TPSA) is 46.2 Å². The first kappa shape index (κ1) is 15.0. The molecule has 106 valence electrons. The number of benzene rings is 1. The van der Waals surface area contributed by atoms with Crippen LogP contribution in [0.3, 0.4) is 0 Å². The molecular formula is C14H20BrNO2S. The third-order valence-electron chi connectivity index (χ3n) is 3.89. The van der Waals surface area contributed by atoms with Crippen LogP contribution >= 0.6 is 15.9 Å². The van der Waals surface area contributed by atoms with E-state index in [1.54, 1.807) is 13.0 Å². The van der Waals surface area contributed by atoms with Crippen LogP contribution in [-0.2, 0) is 9.84 Å². The van der Waals surface area contributed by atoms with E-state index in [4.69, 9.17) is 0 Å². The third kappa shape index (κ3) is 2.48. The first-order valence-corrected chi connectivity index (χ1v) is 8.89. The van der Waals surface area contributed by atoms with Gasteiger partial charge in [-0.15, -0.1) is 0 Å². The average Bonchev–Trinajstić information content (AvgIpc) is 2.31. The molecule has 19 heavy (non-hydrogen) atoms. The summed E-state index contributed by atoms with van der Waals surface area (Å²) in [5.74, 6) is 0.0502. The van der Waals surface area contributed by atoms with Crippen LogP contribution in [0.5, 0.6) is 0 Å². The van der Waals surface area contributed by atoms with Gasteiger partial charge in [0.2, 0.25) is 0 Å². The summed E-state index contributed by atoms with van der Waals surface area (Å²) in [6.45, 7) is 7.97. The second kappa shape index (κ2) is 5.19. The fourth-order valence-electron chi connectivity index (χ4n) is 2.69. The molecule has 0 amide bonds. The predicted octanol–water partition coefficient (Wildman–Crippen LogP) is 3.30. The molecule has 0 saturated heterocycles. The van der Waals surface area contributed by atoms with Crippen LogP contribution in [0.4, 0.5) is 0 Å². The molecule has 3 atom stereocenters. The maximum absolute atomic E-state index is 12.6. The van der Waals surface area contributed by atoms with Crippen molar-refractivity contribution < 1.29 is 8.42 Å². The van der Waals surface area contributed by atoms with E-state index < -0.39 is 9.84 Å². The zero-order valence-electron chi connectivity index (χ0n) is 11.6. The lowest BCUT2D eigenvalue weighted by Gasteiger charge is -2.37. The Morgan fingerprint density at radius 3 is 2.47 bits per heavy atom. The van der Waals surface area contributed by atoms with Gasteiger partial charge in [0.1, 0.15) is 0 Å². The van der Waals surface area contributed by atoms with Crippen molar-refractivity contribution in [3.05, 3.63) is 28.2 Å². The number of halogens is 1. The quantitative estimate of drug-likeness (QED) is 0.894. The number of hydrogen-bond donors (Lipinski definition) is 1. The maximum atomic E-state index is 12.6. The molecule has 1 aromatic carbocycles. The minimum atomic E-state index is -3.26. The van der Waals surface area contributed by atoms with Gasteiger partial charge >= 0.3 is 0 Å². The van der Waals surface area contributed by atoms with Gasteiger partial charge in [0.05, 0.1) is 10.1 Å². The Kier molecular flexibility index (Phi) is 4.10. The number of fused-ring (bicyclic) bond motifs is 1. The number of nitrogens with one attached hydrogen (secondary N) is 1. The first-order valence-electron chi connectivity index (χ1n) is 6.55. The molecule has 5 heteroatoms. The average molecular weight is 346 g/mol. The van der Waals surface area contributed by atoms with Gasteiger partial charge in [0, 0.05) is 16.6 Å². The van der Waals surface area contributed by atoms with E-state index in [-0.39, 0.29) is 17.2 Å². The summed E-state index contributed by atoms with van der Waals surface area (Å²) >= 11 is 3.39. The number of hydrogen-bond acceptors (Lipinski definition) is 3. The predicted molar refractivity (Wildman–Crippen MR) is 81.0 cm³/mol. The standard InChI is InChI=1S/C14H20BrNO2S/c1-8(2)16-13-9(3)10(4)19(17,18)14-11(13)6-5-7-12(14)15/h5-10,13,16H,1-4H3. The second-order valence-corrected chi connectivity index (χ2v) is 8.66. The Balaban J connectivity index is 2.66. The molecule has 3 nitrogen and oxygen atoms in total. The highest BCUT2D eigenvalue weighted by atomic mass is 79.9. The molecule has 0 aromatic heterocycles. The zero-order chi connectivity index (χ0) is 14.4. The van der Waals surface area contributed by atoms with E-state index >= 15 is 0 Å². The summed E-state index contributed by atoms with van der Waals surface area (Å²) in [6.07, 6.45) is 0. The van der Waals surface area contributed by atoms with Crippen molar-refractivity contribution in [3.8, 4) is 0 Å². The van der Waals surface area contributed by atoms with Crippen LogP contribution in [0.1, 0.15) is 39.3 Å². The van der Waals surface area contributed by atoms with Crippen LogP contribution in [-0.4, -0.2) is 19.7 Å². The summed E-state index contributed by atoms with van der Waals surface area (Å²) in [5.41, 5.74) is 0.883. The first-order chi connectivity index (χ1) is 8.76. The van der Waals surface area contributed by atoms with E-state index in [9.17, 15) is 8.42 Å². The van der Waals surface area contributed by atoms with E-state index in [0.717, 1.165) is 5.56 Å². The van der Waals surface area contributed by atoms with Crippen LogP contribution < -0.4 is 5.32 Å². The van der Waals surface area contributed by atoms with Crippen LogP contribution in [0.15, 0.2) is 27.6 Å². The molecule has 2 rings (SSSR count). The van der Waals surface area contributed by atoms with Crippen molar-refractivity contribution in [3.63, 3.8) is 0 Å². The Morgan fingerprint density at radius 1 is 1.26 bits per heavy atom. The van der Waals surface area contributed by atoms with Crippen molar-refractivity contribution in [1.29, 1.82) is 0 Å². The van der Waals surface area contributed by atoms with Crippen molar-refractivity contribution in [2.45, 2.75) is 49.9 Å². The summed E-state index contributed by atoms with van der Waals surface area (Å²) in [6, 6.07) is 6.00. The molecule has 0 radical (unpaired) electrons. The van der Waals surface area contributed by atoms with Crippen LogP contribution in [0, 0.1) is 5.92 Å². The van der Waals surface area contributed by atoms with E-state index in [0.29, 0.717) is 15.4 Å². The molecule has 0 aliphatic carbocycles. The Labute approximate surface area is 123 Å². The second-order valence-electron chi connectivity index (χ2n) is 5.57. The van der Waals surface area contributed by atoms with Gasteiger partial charge in [0.25, 0.3) is 0 Å². The Hall–Kier alpha value is -0.390. The van der Waals surface area contributed by atoms with Gasteiger partial charge in [-0.1, -0.05) is 32.9 Å². The van der Waals surface area contributed by atoms with Gasteiger partial charge in [-0.25, -0.2) is 8.42 Å². The van der Waals surface area contributed by atoms with Crippen molar-refractivity contribution in [1.82, 2.24) is 5.32 Å². The van der Waals surface area contributed by atoms with Gasteiger partial charge in [-0.2, -0.15) is 0 Å². The van der Waals surface area contributed by atoms with E-state index in [1.807, 2.05) is 19.1 Å². The van der Waals surface area contributed by atoms with E-state index in [1.165, 1.54) is 0 Å². The summed E-state index contributed by atoms with van der Waals surface area (Å²) in [7, 11) is -3.26. The van der Waals surface area contributed by atoms with Gasteiger partial charge < -0.3 is 5.32 Å². The monoisotopic (exact) mass is 345 g/mol. The fraction of sp³-hybridized carbons (Fsp3) is 0.571. The van der Waals surface area contributed by atoms with Crippen molar-refractivity contribution >= 4 is 25.8 Å². The SMILES string of the molecule is CC(C)NC1c2cccc(Br)c2S(=O)(=O)C(C)C1C. The molecule has 3 unspecified atom stereocenters. The third-order valence-corrected chi connectivity index (χ3v) is 7.24.